The number of benzene rings is 1. The summed E-state index contributed by atoms with van der Waals surface area (Å²) in [6.45, 7) is 4.87. The Morgan fingerprint density at radius 1 is 1.26 bits per heavy atom. The second kappa shape index (κ2) is 7.63. The molecule has 1 fully saturated rings. The quantitative estimate of drug-likeness (QED) is 0.856. The summed E-state index contributed by atoms with van der Waals surface area (Å²) >= 11 is 0. The topological polar surface area (TPSA) is 30.5 Å². The Morgan fingerprint density at radius 3 is 2.53 bits per heavy atom. The minimum atomic E-state index is 0.115. The average molecular weight is 263 g/mol. The zero-order valence-corrected chi connectivity index (χ0v) is 12.0. The highest BCUT2D eigenvalue weighted by Gasteiger charge is 2.31. The van der Waals surface area contributed by atoms with Gasteiger partial charge in [-0.2, -0.15) is 0 Å². The maximum atomic E-state index is 5.80. The number of ether oxygens (including phenoxy) is 2. The van der Waals surface area contributed by atoms with Crippen LogP contribution in [0.4, 0.5) is 0 Å². The van der Waals surface area contributed by atoms with Gasteiger partial charge in [0.25, 0.3) is 0 Å². The fraction of sp³-hybridized carbons (Fsp3) is 0.625. The molecule has 0 radical (unpaired) electrons. The van der Waals surface area contributed by atoms with Crippen LogP contribution in [0.5, 0.6) is 0 Å². The Kier molecular flexibility index (Phi) is 5.83. The minimum absolute atomic E-state index is 0.115. The van der Waals surface area contributed by atoms with Crippen LogP contribution in [0.1, 0.15) is 31.4 Å². The van der Waals surface area contributed by atoms with E-state index in [9.17, 15) is 0 Å². The predicted octanol–water partition coefficient (Wildman–Crippen LogP) is 2.78. The molecule has 1 aliphatic heterocycles. The third-order valence-electron chi connectivity index (χ3n) is 3.92. The minimum Gasteiger partial charge on any atom is -0.381 e. The van der Waals surface area contributed by atoms with Gasteiger partial charge in [0.05, 0.1) is 6.10 Å². The Labute approximate surface area is 116 Å². The molecule has 0 aromatic heterocycles. The smallest absolute Gasteiger partial charge is 0.0976 e. The van der Waals surface area contributed by atoms with Crippen LogP contribution in [0.3, 0.4) is 0 Å². The van der Waals surface area contributed by atoms with Crippen LogP contribution >= 0.6 is 0 Å². The highest BCUT2D eigenvalue weighted by Crippen LogP contribution is 2.30. The Hall–Kier alpha value is -0.900. The van der Waals surface area contributed by atoms with Gasteiger partial charge in [-0.1, -0.05) is 37.3 Å². The first-order valence-corrected chi connectivity index (χ1v) is 7.25. The number of methoxy groups -OCH3 is 1. The molecular weight excluding hydrogens is 238 g/mol. The van der Waals surface area contributed by atoms with Crippen molar-refractivity contribution in [2.75, 3.05) is 26.9 Å². The van der Waals surface area contributed by atoms with Crippen LogP contribution < -0.4 is 5.32 Å². The van der Waals surface area contributed by atoms with E-state index in [4.69, 9.17) is 9.47 Å². The maximum Gasteiger partial charge on any atom is 0.0976 e. The van der Waals surface area contributed by atoms with Crippen molar-refractivity contribution >= 4 is 0 Å². The first kappa shape index (κ1) is 14.5. The van der Waals surface area contributed by atoms with Gasteiger partial charge in [-0.15, -0.1) is 0 Å². The molecule has 0 bridgehead atoms. The summed E-state index contributed by atoms with van der Waals surface area (Å²) in [5.41, 5.74) is 1.25. The van der Waals surface area contributed by atoms with Crippen molar-refractivity contribution in [3.05, 3.63) is 35.9 Å². The van der Waals surface area contributed by atoms with Crippen molar-refractivity contribution in [2.45, 2.75) is 31.9 Å². The summed E-state index contributed by atoms with van der Waals surface area (Å²) in [7, 11) is 1.81. The highest BCUT2D eigenvalue weighted by molar-refractivity contribution is 5.19. The molecule has 1 aromatic carbocycles. The Balaban J connectivity index is 2.15. The van der Waals surface area contributed by atoms with Gasteiger partial charge in [-0.3, -0.25) is 0 Å². The van der Waals surface area contributed by atoms with Gasteiger partial charge < -0.3 is 14.8 Å². The fourth-order valence-corrected chi connectivity index (χ4v) is 2.96. The fourth-order valence-electron chi connectivity index (χ4n) is 2.96. The molecular formula is C16H25NO2. The molecule has 106 valence electrons. The Bertz CT molecular complexity index is 349. The second-order valence-electron chi connectivity index (χ2n) is 5.10. The summed E-state index contributed by atoms with van der Waals surface area (Å²) in [5.74, 6) is 0.624. The van der Waals surface area contributed by atoms with E-state index in [0.29, 0.717) is 12.0 Å². The van der Waals surface area contributed by atoms with Crippen LogP contribution in [0.2, 0.25) is 0 Å². The molecule has 2 unspecified atom stereocenters. The number of hydrogen-bond acceptors (Lipinski definition) is 3. The van der Waals surface area contributed by atoms with Gasteiger partial charge in [0.1, 0.15) is 0 Å². The molecule has 0 spiro atoms. The highest BCUT2D eigenvalue weighted by atomic mass is 16.5. The summed E-state index contributed by atoms with van der Waals surface area (Å²) in [5, 5.41) is 3.62. The van der Waals surface area contributed by atoms with Gasteiger partial charge in [0.15, 0.2) is 0 Å². The lowest BCUT2D eigenvalue weighted by Crippen LogP contribution is -2.44. The molecule has 0 aliphatic carbocycles. The van der Waals surface area contributed by atoms with E-state index in [0.717, 1.165) is 32.6 Å². The lowest BCUT2D eigenvalue weighted by molar-refractivity contribution is 0.00289. The van der Waals surface area contributed by atoms with E-state index in [1.54, 1.807) is 7.11 Å². The third-order valence-corrected chi connectivity index (χ3v) is 3.92. The summed E-state index contributed by atoms with van der Waals surface area (Å²) in [6, 6.07) is 10.9. The van der Waals surface area contributed by atoms with E-state index >= 15 is 0 Å². The largest absolute Gasteiger partial charge is 0.381 e. The van der Waals surface area contributed by atoms with Gasteiger partial charge in [-0.25, -0.2) is 0 Å². The van der Waals surface area contributed by atoms with Crippen molar-refractivity contribution < 1.29 is 9.47 Å². The van der Waals surface area contributed by atoms with E-state index in [1.165, 1.54) is 5.56 Å². The lowest BCUT2D eigenvalue weighted by atomic mass is 9.85. The lowest BCUT2D eigenvalue weighted by Gasteiger charge is -2.36. The molecule has 2 rings (SSSR count). The van der Waals surface area contributed by atoms with Crippen molar-refractivity contribution in [1.82, 2.24) is 5.32 Å². The van der Waals surface area contributed by atoms with Crippen molar-refractivity contribution in [3.8, 4) is 0 Å². The zero-order chi connectivity index (χ0) is 13.5. The third kappa shape index (κ3) is 3.78. The van der Waals surface area contributed by atoms with Crippen LogP contribution in [0.15, 0.2) is 30.3 Å². The van der Waals surface area contributed by atoms with E-state index in [2.05, 4.69) is 36.5 Å². The molecule has 1 aliphatic rings. The van der Waals surface area contributed by atoms with Crippen molar-refractivity contribution in [3.63, 3.8) is 0 Å². The molecule has 1 N–H and O–H groups in total. The zero-order valence-electron chi connectivity index (χ0n) is 12.0. The van der Waals surface area contributed by atoms with Gasteiger partial charge in [-0.05, 0) is 30.9 Å². The van der Waals surface area contributed by atoms with E-state index in [1.807, 2.05) is 6.07 Å². The van der Waals surface area contributed by atoms with Crippen molar-refractivity contribution in [2.24, 2.45) is 5.92 Å². The molecule has 3 nitrogen and oxygen atoms in total. The monoisotopic (exact) mass is 263 g/mol. The van der Waals surface area contributed by atoms with Crippen molar-refractivity contribution in [1.29, 1.82) is 0 Å². The second-order valence-corrected chi connectivity index (χ2v) is 5.10. The number of rotatable bonds is 6. The summed E-state index contributed by atoms with van der Waals surface area (Å²) in [6.07, 6.45) is 2.35. The molecule has 0 saturated carbocycles. The maximum absolute atomic E-state index is 5.80. The van der Waals surface area contributed by atoms with Gasteiger partial charge >= 0.3 is 0 Å². The molecule has 1 heterocycles. The van der Waals surface area contributed by atoms with E-state index < -0.39 is 0 Å². The normalized spacial score (nSPS) is 20.1. The van der Waals surface area contributed by atoms with Crippen LogP contribution in [0, 0.1) is 5.92 Å². The molecule has 3 heteroatoms. The first-order valence-electron chi connectivity index (χ1n) is 7.25. The van der Waals surface area contributed by atoms with Crippen LogP contribution in [-0.4, -0.2) is 32.9 Å². The number of nitrogens with one attached hydrogen (secondary N) is 1. The summed E-state index contributed by atoms with van der Waals surface area (Å²) < 4.78 is 11.3. The van der Waals surface area contributed by atoms with E-state index in [-0.39, 0.29) is 6.10 Å². The predicted molar refractivity (Wildman–Crippen MR) is 77.2 cm³/mol. The number of hydrogen-bond donors (Lipinski definition) is 1. The van der Waals surface area contributed by atoms with Gasteiger partial charge in [0, 0.05) is 26.4 Å². The van der Waals surface area contributed by atoms with Crippen LogP contribution in [-0.2, 0) is 9.47 Å². The summed E-state index contributed by atoms with van der Waals surface area (Å²) in [4.78, 5) is 0. The molecule has 1 saturated heterocycles. The average Bonchev–Trinajstić information content (AvgIpc) is 2.49. The van der Waals surface area contributed by atoms with Gasteiger partial charge in [0.2, 0.25) is 0 Å². The molecule has 0 amide bonds. The van der Waals surface area contributed by atoms with Crippen LogP contribution in [0.25, 0.3) is 0 Å². The first-order chi connectivity index (χ1) is 9.36. The Morgan fingerprint density at radius 2 is 1.95 bits per heavy atom. The number of likely N-dealkylation sites (N-methyl/N-ethyl adjacent to an activating group) is 1. The molecule has 1 aromatic rings. The SMILES string of the molecule is CCNC(C1CCOCC1)C(OC)c1ccccc1. The molecule has 2 atom stereocenters. The molecule has 19 heavy (non-hydrogen) atoms. The standard InChI is InChI=1S/C16H25NO2/c1-3-17-15(13-9-11-19-12-10-13)16(18-2)14-7-5-4-6-8-14/h4-8,13,15-17H,3,9-12H2,1-2H3.